The zero-order valence-electron chi connectivity index (χ0n) is 11.3. The van der Waals surface area contributed by atoms with Gasteiger partial charge in [-0.15, -0.1) is 5.10 Å². The van der Waals surface area contributed by atoms with Gasteiger partial charge in [0, 0.05) is 35.8 Å². The van der Waals surface area contributed by atoms with E-state index in [1.807, 2.05) is 12.1 Å². The van der Waals surface area contributed by atoms with Gasteiger partial charge in [-0.2, -0.15) is 0 Å². The van der Waals surface area contributed by atoms with Crippen molar-refractivity contribution >= 4 is 17.4 Å². The van der Waals surface area contributed by atoms with E-state index in [-0.39, 0.29) is 5.69 Å². The van der Waals surface area contributed by atoms with Crippen molar-refractivity contribution < 1.29 is 4.92 Å². The molecule has 0 atom stereocenters. The molecule has 3 aromatic rings. The first kappa shape index (κ1) is 14.2. The fourth-order valence-corrected chi connectivity index (χ4v) is 2.56. The average Bonchev–Trinajstić information content (AvgIpc) is 3.03. The maximum atomic E-state index is 10.6. The average molecular weight is 313 g/mol. The highest BCUT2D eigenvalue weighted by atomic mass is 32.2. The van der Waals surface area contributed by atoms with Gasteiger partial charge in [-0.25, -0.2) is 4.98 Å². The van der Waals surface area contributed by atoms with Crippen LogP contribution in [0.3, 0.4) is 0 Å². The molecule has 0 saturated carbocycles. The molecule has 0 saturated heterocycles. The second-order valence-corrected chi connectivity index (χ2v) is 5.36. The molecule has 8 heteroatoms. The van der Waals surface area contributed by atoms with Gasteiger partial charge in [-0.05, 0) is 29.8 Å². The van der Waals surface area contributed by atoms with Gasteiger partial charge in [0.2, 0.25) is 5.16 Å². The molecule has 0 unspecified atom stereocenters. The Morgan fingerprint density at radius 3 is 2.55 bits per heavy atom. The SMILES string of the molecule is O=[N+]([O-])c1ccc(-c2nc(SCc3ccncc3)n[nH]2)cc1. The number of H-pyrrole nitrogens is 1. The molecule has 22 heavy (non-hydrogen) atoms. The molecule has 0 fully saturated rings. The van der Waals surface area contributed by atoms with Crippen LogP contribution in [-0.4, -0.2) is 25.1 Å². The Morgan fingerprint density at radius 2 is 1.86 bits per heavy atom. The van der Waals surface area contributed by atoms with Crippen molar-refractivity contribution in [2.45, 2.75) is 10.9 Å². The Kier molecular flexibility index (Phi) is 4.10. The number of nitrogens with zero attached hydrogens (tertiary/aromatic N) is 4. The fourth-order valence-electron chi connectivity index (χ4n) is 1.81. The van der Waals surface area contributed by atoms with E-state index < -0.39 is 4.92 Å². The van der Waals surface area contributed by atoms with Gasteiger partial charge in [0.05, 0.1) is 4.92 Å². The summed E-state index contributed by atoms with van der Waals surface area (Å²) in [4.78, 5) is 18.6. The second kappa shape index (κ2) is 6.35. The van der Waals surface area contributed by atoms with Crippen LogP contribution in [0.2, 0.25) is 0 Å². The van der Waals surface area contributed by atoms with E-state index in [1.165, 1.54) is 23.9 Å². The molecule has 0 radical (unpaired) electrons. The van der Waals surface area contributed by atoms with Crippen molar-refractivity contribution in [3.05, 3.63) is 64.5 Å². The minimum absolute atomic E-state index is 0.0514. The molecule has 0 bridgehead atoms. The van der Waals surface area contributed by atoms with Crippen molar-refractivity contribution in [3.8, 4) is 11.4 Å². The van der Waals surface area contributed by atoms with Gasteiger partial charge in [-0.1, -0.05) is 11.8 Å². The molecule has 1 N–H and O–H groups in total. The number of nitrogens with one attached hydrogen (secondary N) is 1. The van der Waals surface area contributed by atoms with Crippen LogP contribution < -0.4 is 0 Å². The summed E-state index contributed by atoms with van der Waals surface area (Å²) in [6, 6.07) is 10.1. The van der Waals surface area contributed by atoms with E-state index in [0.717, 1.165) is 16.9 Å². The summed E-state index contributed by atoms with van der Waals surface area (Å²) in [5.74, 6) is 1.34. The van der Waals surface area contributed by atoms with Crippen molar-refractivity contribution in [2.75, 3.05) is 0 Å². The number of nitro groups is 1. The number of nitro benzene ring substituents is 1. The summed E-state index contributed by atoms with van der Waals surface area (Å²) in [5.41, 5.74) is 1.95. The maximum absolute atomic E-state index is 10.6. The lowest BCUT2D eigenvalue weighted by Gasteiger charge is -1.97. The fraction of sp³-hybridized carbons (Fsp3) is 0.0714. The van der Waals surface area contributed by atoms with Crippen LogP contribution in [0.1, 0.15) is 5.56 Å². The molecular formula is C14H11N5O2S. The van der Waals surface area contributed by atoms with E-state index in [2.05, 4.69) is 20.2 Å². The number of hydrogen-bond acceptors (Lipinski definition) is 6. The van der Waals surface area contributed by atoms with Gasteiger partial charge < -0.3 is 0 Å². The van der Waals surface area contributed by atoms with Gasteiger partial charge in [0.15, 0.2) is 5.82 Å². The third-order valence-electron chi connectivity index (χ3n) is 2.93. The highest BCUT2D eigenvalue weighted by Gasteiger charge is 2.09. The summed E-state index contributed by atoms with van der Waals surface area (Å²) in [7, 11) is 0. The molecule has 0 aliphatic heterocycles. The topological polar surface area (TPSA) is 97.6 Å². The smallest absolute Gasteiger partial charge is 0.265 e. The number of aromatic amines is 1. The lowest BCUT2D eigenvalue weighted by Crippen LogP contribution is -1.87. The molecule has 7 nitrogen and oxygen atoms in total. The molecule has 110 valence electrons. The van der Waals surface area contributed by atoms with E-state index in [9.17, 15) is 10.1 Å². The zero-order chi connectivity index (χ0) is 15.4. The number of hydrogen-bond donors (Lipinski definition) is 1. The van der Waals surface area contributed by atoms with E-state index in [1.54, 1.807) is 24.5 Å². The van der Waals surface area contributed by atoms with Crippen LogP contribution in [0.4, 0.5) is 5.69 Å². The molecule has 0 spiro atoms. The van der Waals surface area contributed by atoms with Crippen LogP contribution in [0.5, 0.6) is 0 Å². The van der Waals surface area contributed by atoms with Crippen molar-refractivity contribution in [3.63, 3.8) is 0 Å². The van der Waals surface area contributed by atoms with Crippen molar-refractivity contribution in [1.82, 2.24) is 20.2 Å². The van der Waals surface area contributed by atoms with E-state index in [4.69, 9.17) is 0 Å². The minimum atomic E-state index is -0.430. The molecule has 0 aliphatic rings. The molecule has 0 aliphatic carbocycles. The largest absolute Gasteiger partial charge is 0.269 e. The van der Waals surface area contributed by atoms with Crippen LogP contribution in [0.25, 0.3) is 11.4 Å². The Morgan fingerprint density at radius 1 is 1.14 bits per heavy atom. The van der Waals surface area contributed by atoms with Crippen molar-refractivity contribution in [1.29, 1.82) is 0 Å². The summed E-state index contributed by atoms with van der Waals surface area (Å²) in [5, 5.41) is 18.2. The van der Waals surface area contributed by atoms with Crippen LogP contribution >= 0.6 is 11.8 Å². The molecule has 2 heterocycles. The highest BCUT2D eigenvalue weighted by molar-refractivity contribution is 7.98. The van der Waals surface area contributed by atoms with Gasteiger partial charge in [-0.3, -0.25) is 20.2 Å². The first-order valence-electron chi connectivity index (χ1n) is 6.41. The molecule has 0 amide bonds. The Balaban J connectivity index is 1.69. The lowest BCUT2D eigenvalue weighted by molar-refractivity contribution is -0.384. The van der Waals surface area contributed by atoms with Crippen molar-refractivity contribution in [2.24, 2.45) is 0 Å². The Hall–Kier alpha value is -2.74. The summed E-state index contributed by atoms with van der Waals surface area (Å²) < 4.78 is 0. The number of thioether (sulfide) groups is 1. The molecule has 1 aromatic carbocycles. The predicted octanol–water partition coefficient (Wildman–Crippen LogP) is 3.07. The standard InChI is InChI=1S/C14H11N5O2S/c20-19(21)12-3-1-11(2-4-12)13-16-14(18-17-13)22-9-10-5-7-15-8-6-10/h1-8H,9H2,(H,16,17,18). The minimum Gasteiger partial charge on any atom is -0.265 e. The monoisotopic (exact) mass is 313 g/mol. The molecule has 3 rings (SSSR count). The lowest BCUT2D eigenvalue weighted by atomic mass is 10.2. The van der Waals surface area contributed by atoms with Gasteiger partial charge >= 0.3 is 0 Å². The maximum Gasteiger partial charge on any atom is 0.269 e. The van der Waals surface area contributed by atoms with Crippen LogP contribution in [0, 0.1) is 10.1 Å². The number of benzene rings is 1. The van der Waals surface area contributed by atoms with E-state index >= 15 is 0 Å². The highest BCUT2D eigenvalue weighted by Crippen LogP contribution is 2.23. The number of rotatable bonds is 5. The molecule has 2 aromatic heterocycles. The number of non-ortho nitro benzene ring substituents is 1. The Bertz CT molecular complexity index is 773. The van der Waals surface area contributed by atoms with Gasteiger partial charge in [0.25, 0.3) is 5.69 Å². The Labute approximate surface area is 130 Å². The quantitative estimate of drug-likeness (QED) is 0.441. The third-order valence-corrected chi connectivity index (χ3v) is 3.85. The van der Waals surface area contributed by atoms with E-state index in [0.29, 0.717) is 11.0 Å². The normalized spacial score (nSPS) is 10.5. The molecular weight excluding hydrogens is 302 g/mol. The zero-order valence-corrected chi connectivity index (χ0v) is 12.2. The number of aromatic nitrogens is 4. The van der Waals surface area contributed by atoms with Gasteiger partial charge in [0.1, 0.15) is 0 Å². The summed E-state index contributed by atoms with van der Waals surface area (Å²) in [6.07, 6.45) is 3.49. The van der Waals surface area contributed by atoms with Crippen LogP contribution in [-0.2, 0) is 5.75 Å². The summed E-state index contributed by atoms with van der Waals surface area (Å²) >= 11 is 1.51. The first-order valence-corrected chi connectivity index (χ1v) is 7.40. The third kappa shape index (κ3) is 3.29. The second-order valence-electron chi connectivity index (χ2n) is 4.41. The van der Waals surface area contributed by atoms with Crippen LogP contribution in [0.15, 0.2) is 53.9 Å². The predicted molar refractivity (Wildman–Crippen MR) is 82.3 cm³/mol. The number of pyridine rings is 1. The first-order chi connectivity index (χ1) is 10.7. The summed E-state index contributed by atoms with van der Waals surface area (Å²) in [6.45, 7) is 0.